The lowest BCUT2D eigenvalue weighted by Gasteiger charge is -2.20. The summed E-state index contributed by atoms with van der Waals surface area (Å²) in [5.74, 6) is 0.745. The Labute approximate surface area is 107 Å². The first kappa shape index (κ1) is 14.2. The minimum absolute atomic E-state index is 0.687. The van der Waals surface area contributed by atoms with E-state index in [0.717, 1.165) is 12.5 Å². The van der Waals surface area contributed by atoms with E-state index in [1.54, 1.807) is 0 Å². The van der Waals surface area contributed by atoms with Crippen LogP contribution in [0.1, 0.15) is 45.6 Å². The lowest BCUT2D eigenvalue weighted by atomic mass is 10.0. The first-order chi connectivity index (χ1) is 8.24. The van der Waals surface area contributed by atoms with E-state index in [-0.39, 0.29) is 0 Å². The third-order valence-electron chi connectivity index (χ3n) is 3.39. The molecular weight excluding hydrogens is 206 g/mol. The van der Waals surface area contributed by atoms with Gasteiger partial charge in [-0.25, -0.2) is 0 Å². The molecule has 17 heavy (non-hydrogen) atoms. The smallest absolute Gasteiger partial charge is 0.00874 e. The zero-order chi connectivity index (χ0) is 12.5. The fourth-order valence-corrected chi connectivity index (χ4v) is 2.24. The van der Waals surface area contributed by atoms with Crippen LogP contribution in [0.2, 0.25) is 0 Å². The van der Waals surface area contributed by atoms with Gasteiger partial charge in [0.05, 0.1) is 0 Å². The van der Waals surface area contributed by atoms with Gasteiger partial charge in [0.2, 0.25) is 0 Å². The van der Waals surface area contributed by atoms with Gasteiger partial charge in [0.1, 0.15) is 0 Å². The van der Waals surface area contributed by atoms with Gasteiger partial charge in [-0.3, -0.25) is 0 Å². The van der Waals surface area contributed by atoms with E-state index in [4.69, 9.17) is 0 Å². The molecule has 0 aromatic heterocycles. The molecule has 0 bridgehead atoms. The maximum Gasteiger partial charge on any atom is 0.00874 e. The quantitative estimate of drug-likeness (QED) is 0.668. The molecule has 0 heterocycles. The summed E-state index contributed by atoms with van der Waals surface area (Å²) in [6.07, 6.45) is 5.00. The van der Waals surface area contributed by atoms with Gasteiger partial charge in [-0.15, -0.1) is 0 Å². The predicted molar refractivity (Wildman–Crippen MR) is 76.3 cm³/mol. The molecule has 0 saturated carbocycles. The number of nitrogens with one attached hydrogen (secondary N) is 1. The van der Waals surface area contributed by atoms with Gasteiger partial charge in [0.15, 0.2) is 0 Å². The normalized spacial score (nSPS) is 12.9. The zero-order valence-electron chi connectivity index (χ0n) is 11.6. The topological polar surface area (TPSA) is 12.0 Å². The van der Waals surface area contributed by atoms with Crippen molar-refractivity contribution in [2.75, 3.05) is 6.54 Å². The average molecular weight is 233 g/mol. The van der Waals surface area contributed by atoms with Crippen molar-refractivity contribution in [3.05, 3.63) is 35.9 Å². The maximum atomic E-state index is 3.66. The number of benzene rings is 1. The second-order valence-electron chi connectivity index (χ2n) is 5.16. The van der Waals surface area contributed by atoms with Gasteiger partial charge in [-0.05, 0) is 43.7 Å². The van der Waals surface area contributed by atoms with E-state index in [9.17, 15) is 0 Å². The minimum atomic E-state index is 0.687. The molecule has 0 amide bonds. The van der Waals surface area contributed by atoms with E-state index < -0.39 is 0 Å². The largest absolute Gasteiger partial charge is 0.314 e. The van der Waals surface area contributed by atoms with Crippen molar-refractivity contribution < 1.29 is 0 Å². The molecule has 0 spiro atoms. The Hall–Kier alpha value is -0.820. The first-order valence-corrected chi connectivity index (χ1v) is 7.01. The molecule has 0 radical (unpaired) electrons. The molecule has 0 aliphatic rings. The number of unbranched alkanes of at least 4 members (excludes halogenated alkanes) is 1. The van der Waals surface area contributed by atoms with Gasteiger partial charge in [-0.1, -0.05) is 51.1 Å². The van der Waals surface area contributed by atoms with Crippen LogP contribution in [0.4, 0.5) is 0 Å². The maximum absolute atomic E-state index is 3.66. The highest BCUT2D eigenvalue weighted by atomic mass is 14.9. The Bertz CT molecular complexity index is 279. The summed E-state index contributed by atoms with van der Waals surface area (Å²) in [5.41, 5.74) is 1.46. The van der Waals surface area contributed by atoms with Gasteiger partial charge in [-0.2, -0.15) is 0 Å². The van der Waals surface area contributed by atoms with Crippen molar-refractivity contribution in [1.82, 2.24) is 5.32 Å². The number of hydrogen-bond donors (Lipinski definition) is 1. The van der Waals surface area contributed by atoms with Crippen LogP contribution < -0.4 is 5.32 Å². The van der Waals surface area contributed by atoms with Crippen LogP contribution in [0.25, 0.3) is 0 Å². The number of rotatable bonds is 8. The van der Waals surface area contributed by atoms with E-state index in [2.05, 4.69) is 56.4 Å². The van der Waals surface area contributed by atoms with Gasteiger partial charge in [0.25, 0.3) is 0 Å². The van der Waals surface area contributed by atoms with E-state index in [1.807, 2.05) is 0 Å². The van der Waals surface area contributed by atoms with Crippen molar-refractivity contribution in [3.8, 4) is 0 Å². The van der Waals surface area contributed by atoms with Crippen LogP contribution in [0.5, 0.6) is 0 Å². The lowest BCUT2D eigenvalue weighted by Crippen LogP contribution is -2.33. The number of aryl methyl sites for hydroxylation is 1. The molecule has 1 N–H and O–H groups in total. The van der Waals surface area contributed by atoms with Crippen molar-refractivity contribution in [3.63, 3.8) is 0 Å². The fraction of sp³-hybridized carbons (Fsp3) is 0.625. The highest BCUT2D eigenvalue weighted by molar-refractivity contribution is 5.14. The van der Waals surface area contributed by atoms with Gasteiger partial charge >= 0.3 is 0 Å². The minimum Gasteiger partial charge on any atom is -0.314 e. The molecule has 1 atom stereocenters. The summed E-state index contributed by atoms with van der Waals surface area (Å²) in [5, 5.41) is 3.66. The highest BCUT2D eigenvalue weighted by Crippen LogP contribution is 2.07. The molecule has 0 aliphatic heterocycles. The van der Waals surface area contributed by atoms with Crippen molar-refractivity contribution in [2.45, 2.75) is 52.5 Å². The van der Waals surface area contributed by atoms with Crippen molar-refractivity contribution in [1.29, 1.82) is 0 Å². The summed E-state index contributed by atoms with van der Waals surface area (Å²) in [7, 11) is 0. The Morgan fingerprint density at radius 3 is 2.35 bits per heavy atom. The summed E-state index contributed by atoms with van der Waals surface area (Å²) >= 11 is 0. The SMILES string of the molecule is CCC(NCCCCc1ccccc1)C(C)C. The highest BCUT2D eigenvalue weighted by Gasteiger charge is 2.08. The molecule has 0 saturated heterocycles. The van der Waals surface area contributed by atoms with Crippen LogP contribution in [0.15, 0.2) is 30.3 Å². The van der Waals surface area contributed by atoms with Crippen LogP contribution in [-0.2, 0) is 6.42 Å². The molecular formula is C16H27N. The zero-order valence-corrected chi connectivity index (χ0v) is 11.6. The molecule has 0 aliphatic carbocycles. The molecule has 1 unspecified atom stereocenters. The molecule has 1 aromatic carbocycles. The van der Waals surface area contributed by atoms with Crippen LogP contribution in [0, 0.1) is 5.92 Å². The Morgan fingerprint density at radius 2 is 1.76 bits per heavy atom. The monoisotopic (exact) mass is 233 g/mol. The Balaban J connectivity index is 2.08. The van der Waals surface area contributed by atoms with Gasteiger partial charge < -0.3 is 5.32 Å². The van der Waals surface area contributed by atoms with Crippen LogP contribution in [-0.4, -0.2) is 12.6 Å². The van der Waals surface area contributed by atoms with Crippen molar-refractivity contribution >= 4 is 0 Å². The van der Waals surface area contributed by atoms with E-state index >= 15 is 0 Å². The third kappa shape index (κ3) is 5.88. The first-order valence-electron chi connectivity index (χ1n) is 7.01. The molecule has 1 nitrogen and oxygen atoms in total. The third-order valence-corrected chi connectivity index (χ3v) is 3.39. The second kappa shape index (κ2) is 8.30. The fourth-order valence-electron chi connectivity index (χ4n) is 2.24. The summed E-state index contributed by atoms with van der Waals surface area (Å²) < 4.78 is 0. The van der Waals surface area contributed by atoms with E-state index in [1.165, 1.54) is 31.2 Å². The standard InChI is InChI=1S/C16H27N/c1-4-16(14(2)3)17-13-9-8-12-15-10-6-5-7-11-15/h5-7,10-11,14,16-17H,4,8-9,12-13H2,1-3H3. The molecule has 96 valence electrons. The molecule has 1 aromatic rings. The molecule has 1 rings (SSSR count). The Kier molecular flexibility index (Phi) is 6.95. The average Bonchev–Trinajstić information content (AvgIpc) is 2.34. The van der Waals surface area contributed by atoms with Crippen LogP contribution in [0.3, 0.4) is 0 Å². The van der Waals surface area contributed by atoms with Crippen LogP contribution >= 0.6 is 0 Å². The second-order valence-corrected chi connectivity index (χ2v) is 5.16. The molecule has 1 heteroatoms. The summed E-state index contributed by atoms with van der Waals surface area (Å²) in [6.45, 7) is 8.02. The lowest BCUT2D eigenvalue weighted by molar-refractivity contribution is 0.385. The molecule has 0 fully saturated rings. The number of hydrogen-bond acceptors (Lipinski definition) is 1. The van der Waals surface area contributed by atoms with E-state index in [0.29, 0.717) is 6.04 Å². The van der Waals surface area contributed by atoms with Crippen molar-refractivity contribution in [2.24, 2.45) is 5.92 Å². The summed E-state index contributed by atoms with van der Waals surface area (Å²) in [6, 6.07) is 11.5. The van der Waals surface area contributed by atoms with Gasteiger partial charge in [0, 0.05) is 6.04 Å². The predicted octanol–water partition coefficient (Wildman–Crippen LogP) is 4.03. The Morgan fingerprint density at radius 1 is 1.06 bits per heavy atom. The summed E-state index contributed by atoms with van der Waals surface area (Å²) in [4.78, 5) is 0.